The first-order valence-electron chi connectivity index (χ1n) is 5.65. The van der Waals surface area contributed by atoms with Crippen LogP contribution in [-0.4, -0.2) is 44.4 Å². The number of sulfonamides is 1. The van der Waals surface area contributed by atoms with Crippen molar-refractivity contribution in [2.75, 3.05) is 12.8 Å². The molecule has 0 unspecified atom stereocenters. The molecule has 0 spiro atoms. The van der Waals surface area contributed by atoms with Crippen LogP contribution in [0.25, 0.3) is 0 Å². The molecule has 0 saturated heterocycles. The molecule has 22 heavy (non-hydrogen) atoms. The van der Waals surface area contributed by atoms with E-state index in [1.807, 2.05) is 0 Å². The van der Waals surface area contributed by atoms with Gasteiger partial charge in [0.1, 0.15) is 11.9 Å². The Morgan fingerprint density at radius 2 is 2.05 bits per heavy atom. The number of halogens is 3. The number of alkyl halides is 3. The minimum atomic E-state index is -5.28. The van der Waals surface area contributed by atoms with Gasteiger partial charge in [-0.25, -0.2) is 22.7 Å². The molecule has 0 aromatic carbocycles. The number of rotatable bonds is 5. The summed E-state index contributed by atoms with van der Waals surface area (Å²) in [6.45, 7) is -0.0417. The summed E-state index contributed by atoms with van der Waals surface area (Å²) in [4.78, 5) is 21.8. The fraction of sp³-hybridized carbons (Fsp3) is 0.400. The van der Waals surface area contributed by atoms with Crippen LogP contribution in [0.3, 0.4) is 0 Å². The number of hydrogen-bond donors (Lipinski definition) is 1. The maximum Gasteiger partial charge on any atom is 0.491 e. The Morgan fingerprint density at radius 3 is 2.50 bits per heavy atom. The highest BCUT2D eigenvalue weighted by atomic mass is 32.2. The highest BCUT2D eigenvalue weighted by Gasteiger charge is 2.42. The Morgan fingerprint density at radius 1 is 1.41 bits per heavy atom. The van der Waals surface area contributed by atoms with E-state index in [4.69, 9.17) is 0 Å². The molecule has 0 aliphatic heterocycles. The third-order valence-corrected chi connectivity index (χ3v) is 3.67. The number of esters is 2. The van der Waals surface area contributed by atoms with Crippen molar-refractivity contribution in [3.8, 4) is 0 Å². The van der Waals surface area contributed by atoms with Gasteiger partial charge < -0.3 is 4.74 Å². The van der Waals surface area contributed by atoms with Crippen molar-refractivity contribution in [2.45, 2.75) is 12.7 Å². The molecule has 0 bridgehead atoms. The molecule has 8 nitrogen and oxygen atoms in total. The van der Waals surface area contributed by atoms with E-state index in [1.54, 1.807) is 0 Å². The van der Waals surface area contributed by atoms with Gasteiger partial charge in [-0.3, -0.25) is 0 Å². The fourth-order valence-electron chi connectivity index (χ4n) is 1.15. The smallest absolute Gasteiger partial charge is 0.383 e. The molecule has 0 radical (unpaired) electrons. The summed E-state index contributed by atoms with van der Waals surface area (Å²) >= 11 is 0. The molecule has 0 fully saturated rings. The van der Waals surface area contributed by atoms with Crippen LogP contribution >= 0.6 is 0 Å². The molecule has 122 valence electrons. The largest absolute Gasteiger partial charge is 0.491 e. The van der Waals surface area contributed by atoms with Crippen LogP contribution in [0.2, 0.25) is 0 Å². The van der Waals surface area contributed by atoms with Crippen molar-refractivity contribution in [1.82, 2.24) is 9.82 Å². The van der Waals surface area contributed by atoms with Gasteiger partial charge in [0, 0.05) is 6.07 Å². The van der Waals surface area contributed by atoms with Gasteiger partial charge in [-0.05, 0) is 12.1 Å². The zero-order valence-electron chi connectivity index (χ0n) is 11.1. The van der Waals surface area contributed by atoms with Crippen molar-refractivity contribution in [3.05, 3.63) is 24.0 Å². The highest BCUT2D eigenvalue weighted by Crippen LogP contribution is 2.17. The Kier molecular flexibility index (Phi) is 5.54. The van der Waals surface area contributed by atoms with Crippen molar-refractivity contribution >= 4 is 22.0 Å². The summed E-state index contributed by atoms with van der Waals surface area (Å²) in [5.41, 5.74) is -0.384. The second-order valence-corrected chi connectivity index (χ2v) is 5.92. The van der Waals surface area contributed by atoms with Gasteiger partial charge in [-0.1, -0.05) is 4.68 Å². The minimum absolute atomic E-state index is 0.0417. The van der Waals surface area contributed by atoms with Gasteiger partial charge in [-0.15, -0.1) is 0 Å². The van der Waals surface area contributed by atoms with Gasteiger partial charge in [0.25, 0.3) is 0 Å². The quantitative estimate of drug-likeness (QED) is 0.425. The fourth-order valence-corrected chi connectivity index (χ4v) is 1.79. The first-order valence-corrected chi connectivity index (χ1v) is 7.31. The Bertz CT molecular complexity index is 657. The second-order valence-electron chi connectivity index (χ2n) is 3.88. The van der Waals surface area contributed by atoms with Crippen molar-refractivity contribution in [1.29, 1.82) is 0 Å². The molecular formula is C10H11F3N3O5S+. The van der Waals surface area contributed by atoms with E-state index in [-0.39, 0.29) is 17.9 Å². The molecule has 1 rings (SSSR count). The molecule has 1 N–H and O–H groups in total. The average Bonchev–Trinajstić information content (AvgIpc) is 2.44. The van der Waals surface area contributed by atoms with Gasteiger partial charge in [0.05, 0.1) is 5.56 Å². The predicted octanol–water partition coefficient (Wildman–Crippen LogP) is -0.836. The SMILES string of the molecule is CNS(=O)(=O)CC[n+]1ccc(C(=O)OC(=O)C(F)(F)F)cn1. The lowest BCUT2D eigenvalue weighted by Gasteiger charge is -2.04. The van der Waals surface area contributed by atoms with Crippen LogP contribution in [-0.2, 0) is 26.1 Å². The lowest BCUT2D eigenvalue weighted by Crippen LogP contribution is -2.42. The van der Waals surface area contributed by atoms with Crippen molar-refractivity contribution < 1.29 is 40.6 Å². The maximum absolute atomic E-state index is 11.9. The van der Waals surface area contributed by atoms with E-state index >= 15 is 0 Å². The molecule has 0 aliphatic carbocycles. The van der Waals surface area contributed by atoms with Gasteiger partial charge in [0.2, 0.25) is 10.0 Å². The average molecular weight is 342 g/mol. The number of hydrogen-bond acceptors (Lipinski definition) is 6. The lowest BCUT2D eigenvalue weighted by molar-refractivity contribution is -0.750. The van der Waals surface area contributed by atoms with Crippen LogP contribution in [0, 0.1) is 0 Å². The van der Waals surface area contributed by atoms with Crippen LogP contribution < -0.4 is 9.40 Å². The molecule has 12 heteroatoms. The molecule has 0 saturated carbocycles. The number of carbonyl (C=O) groups excluding carboxylic acids is 2. The van der Waals surface area contributed by atoms with E-state index < -0.39 is 28.1 Å². The second kappa shape index (κ2) is 6.79. The summed E-state index contributed by atoms with van der Waals surface area (Å²) in [5.74, 6) is -4.42. The van der Waals surface area contributed by atoms with Gasteiger partial charge in [0.15, 0.2) is 12.7 Å². The number of nitrogens with one attached hydrogen (secondary N) is 1. The minimum Gasteiger partial charge on any atom is -0.383 e. The van der Waals surface area contributed by atoms with Crippen LogP contribution in [0.4, 0.5) is 13.2 Å². The van der Waals surface area contributed by atoms with E-state index in [9.17, 15) is 31.2 Å². The van der Waals surface area contributed by atoms with Crippen LogP contribution in [0.1, 0.15) is 10.4 Å². The summed E-state index contributed by atoms with van der Waals surface area (Å²) in [7, 11) is -2.21. The molecule has 0 atom stereocenters. The molecule has 1 aromatic heterocycles. The van der Waals surface area contributed by atoms with Crippen LogP contribution in [0.5, 0.6) is 0 Å². The molecule has 0 aliphatic rings. The third kappa shape index (κ3) is 5.37. The van der Waals surface area contributed by atoms with Gasteiger partial charge >= 0.3 is 18.1 Å². The first kappa shape index (κ1) is 18.0. The van der Waals surface area contributed by atoms with E-state index in [2.05, 4.69) is 14.6 Å². The lowest BCUT2D eigenvalue weighted by atomic mass is 10.3. The molecule has 0 amide bonds. The van der Waals surface area contributed by atoms with Crippen LogP contribution in [0.15, 0.2) is 18.5 Å². The van der Waals surface area contributed by atoms with Crippen molar-refractivity contribution in [3.63, 3.8) is 0 Å². The molecule has 1 aromatic rings. The Labute approximate surface area is 122 Å². The van der Waals surface area contributed by atoms with E-state index in [0.29, 0.717) is 0 Å². The summed E-state index contributed by atoms with van der Waals surface area (Å²) in [6.07, 6.45) is -3.25. The molecule has 1 heterocycles. The topological polar surface area (TPSA) is 106 Å². The summed E-state index contributed by atoms with van der Waals surface area (Å²) in [6, 6.07) is 1.05. The highest BCUT2D eigenvalue weighted by molar-refractivity contribution is 7.89. The molecular weight excluding hydrogens is 331 g/mol. The first-order chi connectivity index (χ1) is 10.0. The predicted molar refractivity (Wildman–Crippen MR) is 63.8 cm³/mol. The Balaban J connectivity index is 2.69. The normalized spacial score (nSPS) is 12.0. The van der Waals surface area contributed by atoms with Gasteiger partial charge in [-0.2, -0.15) is 13.2 Å². The zero-order chi connectivity index (χ0) is 17.0. The summed E-state index contributed by atoms with van der Waals surface area (Å²) in [5, 5.41) is 3.64. The number of ether oxygens (including phenoxy) is 1. The number of aryl methyl sites for hydroxylation is 1. The standard InChI is InChI=1S/C10H11F3N3O5S/c1-14-22(19,20)5-4-16-3-2-7(6-15-16)8(17)21-9(18)10(11,12)13/h2-3,6,14H,4-5H2,1H3/q+1. The number of carbonyl (C=O) groups is 2. The number of aromatic nitrogens is 2. The zero-order valence-corrected chi connectivity index (χ0v) is 11.9. The Hall–Kier alpha value is -2.08. The summed E-state index contributed by atoms with van der Waals surface area (Å²) < 4.78 is 65.0. The maximum atomic E-state index is 11.9. The monoisotopic (exact) mass is 342 g/mol. The van der Waals surface area contributed by atoms with Crippen molar-refractivity contribution in [2.24, 2.45) is 0 Å². The van der Waals surface area contributed by atoms with E-state index in [1.165, 1.54) is 13.2 Å². The number of nitrogens with zero attached hydrogens (tertiary/aromatic N) is 2. The van der Waals surface area contributed by atoms with E-state index in [0.717, 1.165) is 16.9 Å². The third-order valence-electron chi connectivity index (χ3n) is 2.32.